The largest absolute Gasteiger partial charge is 0.383 e. The van der Waals surface area contributed by atoms with Crippen LogP contribution in [0.4, 0.5) is 8.78 Å². The van der Waals surface area contributed by atoms with Gasteiger partial charge in [-0.2, -0.15) is 0 Å². The molecule has 3 aromatic rings. The Bertz CT molecular complexity index is 1270. The Morgan fingerprint density at radius 1 is 1.11 bits per heavy atom. The number of nitrogens with one attached hydrogen (secondary N) is 1. The SMILES string of the molecule is O=C(N[C@@H]1CN(C(=O)c2cncc3cccnc23)CC[C@H]1c1cc(F)cc(F)c1)[C@H](O)C1CCOCC1. The van der Waals surface area contributed by atoms with Crippen LogP contribution in [0, 0.1) is 17.6 Å². The number of carbonyl (C=O) groups is 2. The molecular formula is C27H28F2N4O4. The van der Waals surface area contributed by atoms with Crippen LogP contribution in [0.3, 0.4) is 0 Å². The number of pyridine rings is 2. The number of nitrogens with zero attached hydrogens (tertiary/aromatic N) is 3. The van der Waals surface area contributed by atoms with Crippen LogP contribution in [0.2, 0.25) is 0 Å². The lowest BCUT2D eigenvalue weighted by molar-refractivity contribution is -0.135. The van der Waals surface area contributed by atoms with Crippen molar-refractivity contribution in [3.8, 4) is 0 Å². The van der Waals surface area contributed by atoms with Crippen LogP contribution in [0.25, 0.3) is 10.9 Å². The van der Waals surface area contributed by atoms with E-state index in [1.54, 1.807) is 23.4 Å². The second-order valence-corrected chi connectivity index (χ2v) is 9.62. The van der Waals surface area contributed by atoms with Crippen LogP contribution in [-0.4, -0.2) is 70.2 Å². The Kier molecular flexibility index (Phi) is 7.38. The van der Waals surface area contributed by atoms with Crippen LogP contribution in [-0.2, 0) is 9.53 Å². The Balaban J connectivity index is 1.41. The summed E-state index contributed by atoms with van der Waals surface area (Å²) in [5, 5.41) is 14.3. The zero-order valence-electron chi connectivity index (χ0n) is 20.1. The molecule has 3 atom stereocenters. The van der Waals surface area contributed by atoms with Gasteiger partial charge >= 0.3 is 0 Å². The molecule has 5 rings (SSSR count). The van der Waals surface area contributed by atoms with Crippen molar-refractivity contribution >= 4 is 22.7 Å². The lowest BCUT2D eigenvalue weighted by Crippen LogP contribution is -2.55. The Hall–Kier alpha value is -3.50. The summed E-state index contributed by atoms with van der Waals surface area (Å²) >= 11 is 0. The van der Waals surface area contributed by atoms with Crippen molar-refractivity contribution in [2.75, 3.05) is 26.3 Å². The van der Waals surface area contributed by atoms with Crippen molar-refractivity contribution < 1.29 is 28.2 Å². The summed E-state index contributed by atoms with van der Waals surface area (Å²) in [6, 6.07) is 6.20. The van der Waals surface area contributed by atoms with Gasteiger partial charge in [0, 0.05) is 62.3 Å². The Morgan fingerprint density at radius 2 is 1.86 bits per heavy atom. The third-order valence-electron chi connectivity index (χ3n) is 7.26. The number of piperidine rings is 1. The number of aliphatic hydroxyl groups excluding tert-OH is 1. The predicted octanol–water partition coefficient (Wildman–Crippen LogP) is 2.81. The van der Waals surface area contributed by atoms with Gasteiger partial charge in [0.25, 0.3) is 5.91 Å². The summed E-state index contributed by atoms with van der Waals surface area (Å²) in [6.45, 7) is 1.34. The van der Waals surface area contributed by atoms with E-state index in [0.29, 0.717) is 55.7 Å². The number of ether oxygens (including phenoxy) is 1. The molecule has 10 heteroatoms. The van der Waals surface area contributed by atoms with E-state index in [1.165, 1.54) is 18.3 Å². The van der Waals surface area contributed by atoms with Crippen molar-refractivity contribution in [3.05, 3.63) is 71.7 Å². The van der Waals surface area contributed by atoms with Crippen molar-refractivity contribution in [3.63, 3.8) is 0 Å². The summed E-state index contributed by atoms with van der Waals surface area (Å²) in [4.78, 5) is 36.7. The molecule has 2 saturated heterocycles. The normalized spacial score (nSPS) is 21.5. The molecule has 0 spiro atoms. The standard InChI is InChI=1S/C27H28F2N4O4/c28-19-10-18(11-20(29)12-19)21-3-7-33(27(36)22-14-30-13-17-2-1-6-31-24(17)22)15-23(21)32-26(35)25(34)16-4-8-37-9-5-16/h1-2,6,10-14,16,21,23,25,34H,3-5,7-9,15H2,(H,32,35)/t21-,23+,25+/m0/s1. The van der Waals surface area contributed by atoms with Gasteiger partial charge in [-0.15, -0.1) is 0 Å². The zero-order valence-corrected chi connectivity index (χ0v) is 20.1. The highest BCUT2D eigenvalue weighted by atomic mass is 19.1. The Labute approximate surface area is 212 Å². The Morgan fingerprint density at radius 3 is 2.62 bits per heavy atom. The molecule has 2 aromatic heterocycles. The monoisotopic (exact) mass is 510 g/mol. The van der Waals surface area contributed by atoms with E-state index < -0.39 is 35.6 Å². The van der Waals surface area contributed by atoms with Crippen molar-refractivity contribution in [1.82, 2.24) is 20.2 Å². The molecule has 194 valence electrons. The minimum Gasteiger partial charge on any atom is -0.383 e. The lowest BCUT2D eigenvalue weighted by Gasteiger charge is -2.40. The number of likely N-dealkylation sites (tertiary alicyclic amines) is 1. The fourth-order valence-electron chi connectivity index (χ4n) is 5.31. The van der Waals surface area contributed by atoms with E-state index in [4.69, 9.17) is 4.74 Å². The molecule has 8 nitrogen and oxygen atoms in total. The second kappa shape index (κ2) is 10.9. The van der Waals surface area contributed by atoms with Gasteiger partial charge < -0.3 is 20.1 Å². The molecule has 2 N–H and O–H groups in total. The summed E-state index contributed by atoms with van der Waals surface area (Å²) in [7, 11) is 0. The topological polar surface area (TPSA) is 105 Å². The highest BCUT2D eigenvalue weighted by Gasteiger charge is 2.37. The number of hydrogen-bond donors (Lipinski definition) is 2. The maximum absolute atomic E-state index is 14.1. The summed E-state index contributed by atoms with van der Waals surface area (Å²) in [5.74, 6) is -2.99. The molecule has 37 heavy (non-hydrogen) atoms. The summed E-state index contributed by atoms with van der Waals surface area (Å²) < 4.78 is 33.4. The molecule has 0 unspecified atom stereocenters. The number of carbonyl (C=O) groups excluding carboxylic acids is 2. The molecule has 0 aliphatic carbocycles. The van der Waals surface area contributed by atoms with Crippen LogP contribution < -0.4 is 5.32 Å². The maximum Gasteiger partial charge on any atom is 0.257 e. The van der Waals surface area contributed by atoms with Gasteiger partial charge in [0.05, 0.1) is 17.1 Å². The first-order valence-electron chi connectivity index (χ1n) is 12.4. The van der Waals surface area contributed by atoms with Gasteiger partial charge in [-0.3, -0.25) is 19.6 Å². The highest BCUT2D eigenvalue weighted by Crippen LogP contribution is 2.31. The zero-order chi connectivity index (χ0) is 25.9. The lowest BCUT2D eigenvalue weighted by atomic mass is 9.84. The smallest absolute Gasteiger partial charge is 0.257 e. The average Bonchev–Trinajstić information content (AvgIpc) is 2.91. The third-order valence-corrected chi connectivity index (χ3v) is 7.26. The fraction of sp³-hybridized carbons (Fsp3) is 0.407. The minimum atomic E-state index is -1.24. The molecule has 2 amide bonds. The van der Waals surface area contributed by atoms with E-state index in [9.17, 15) is 23.5 Å². The number of benzene rings is 1. The van der Waals surface area contributed by atoms with Gasteiger partial charge in [0.15, 0.2) is 0 Å². The van der Waals surface area contributed by atoms with Gasteiger partial charge in [0.2, 0.25) is 5.91 Å². The number of halogens is 2. The number of aromatic nitrogens is 2. The molecule has 0 radical (unpaired) electrons. The van der Waals surface area contributed by atoms with Crippen LogP contribution in [0.15, 0.2) is 48.9 Å². The van der Waals surface area contributed by atoms with Gasteiger partial charge in [-0.1, -0.05) is 0 Å². The van der Waals surface area contributed by atoms with Crippen molar-refractivity contribution in [1.29, 1.82) is 0 Å². The van der Waals surface area contributed by atoms with Crippen molar-refractivity contribution in [2.45, 2.75) is 37.3 Å². The van der Waals surface area contributed by atoms with E-state index in [-0.39, 0.29) is 18.4 Å². The molecule has 2 fully saturated rings. The van der Waals surface area contributed by atoms with Gasteiger partial charge in [-0.05, 0) is 55.0 Å². The molecule has 4 heterocycles. The first-order valence-corrected chi connectivity index (χ1v) is 12.4. The first kappa shape index (κ1) is 25.2. The average molecular weight is 511 g/mol. The van der Waals surface area contributed by atoms with E-state index in [1.807, 2.05) is 6.07 Å². The molecule has 2 aliphatic heterocycles. The maximum atomic E-state index is 14.1. The fourth-order valence-corrected chi connectivity index (χ4v) is 5.31. The number of rotatable bonds is 5. The molecule has 1 aromatic carbocycles. The number of fused-ring (bicyclic) bond motifs is 1. The quantitative estimate of drug-likeness (QED) is 0.547. The number of amides is 2. The third kappa shape index (κ3) is 5.45. The van der Waals surface area contributed by atoms with Crippen molar-refractivity contribution in [2.24, 2.45) is 5.92 Å². The number of aliphatic hydroxyl groups is 1. The van der Waals surface area contributed by atoms with Crippen LogP contribution in [0.1, 0.15) is 41.1 Å². The van der Waals surface area contributed by atoms with Crippen LogP contribution in [0.5, 0.6) is 0 Å². The van der Waals surface area contributed by atoms with E-state index in [2.05, 4.69) is 15.3 Å². The predicted molar refractivity (Wildman–Crippen MR) is 131 cm³/mol. The van der Waals surface area contributed by atoms with E-state index in [0.717, 1.165) is 11.5 Å². The highest BCUT2D eigenvalue weighted by molar-refractivity contribution is 6.05. The van der Waals surface area contributed by atoms with Gasteiger partial charge in [0.1, 0.15) is 17.7 Å². The second-order valence-electron chi connectivity index (χ2n) is 9.62. The minimum absolute atomic E-state index is 0.0943. The first-order chi connectivity index (χ1) is 17.9. The molecule has 2 aliphatic rings. The van der Waals surface area contributed by atoms with E-state index >= 15 is 0 Å². The molecule has 0 saturated carbocycles. The van der Waals surface area contributed by atoms with Crippen LogP contribution >= 0.6 is 0 Å². The summed E-state index contributed by atoms with van der Waals surface area (Å²) in [5.41, 5.74) is 1.25. The number of hydrogen-bond acceptors (Lipinski definition) is 6. The molecule has 0 bridgehead atoms. The van der Waals surface area contributed by atoms with Gasteiger partial charge in [-0.25, -0.2) is 8.78 Å². The summed E-state index contributed by atoms with van der Waals surface area (Å²) in [6.07, 6.45) is 4.93. The molecular weight excluding hydrogens is 482 g/mol.